The molecule has 0 unspecified atom stereocenters. The third-order valence-corrected chi connectivity index (χ3v) is 11.8. The molecule has 1 aliphatic carbocycles. The Morgan fingerprint density at radius 3 is 1.54 bits per heavy atom. The van der Waals surface area contributed by atoms with Crippen molar-refractivity contribution in [1.29, 1.82) is 0 Å². The minimum Gasteiger partial charge on any atom is -0.341 e. The number of para-hydroxylation sites is 1. The highest BCUT2D eigenvalue weighted by Gasteiger charge is 2.19. The summed E-state index contributed by atoms with van der Waals surface area (Å²) in [6, 6.07) is 68.6. The molecule has 0 radical (unpaired) electrons. The van der Waals surface area contributed by atoms with Crippen LogP contribution in [0.1, 0.15) is 73.4 Å². The van der Waals surface area contributed by atoms with Gasteiger partial charge in [0.15, 0.2) is 0 Å². The first-order valence-corrected chi connectivity index (χ1v) is 23.4. The van der Waals surface area contributed by atoms with Crippen LogP contribution in [0.15, 0.2) is 188 Å². The smallest absolute Gasteiger partial charge is 0.0562 e. The van der Waals surface area contributed by atoms with Gasteiger partial charge in [-0.1, -0.05) is 207 Å². The van der Waals surface area contributed by atoms with E-state index in [1.165, 1.54) is 104 Å². The van der Waals surface area contributed by atoms with Crippen LogP contribution < -0.4 is 0 Å². The predicted octanol–water partition coefficient (Wildman–Crippen LogP) is 18.2. The minimum atomic E-state index is 0.920. The first-order chi connectivity index (χ1) is 31.2. The molecule has 0 aliphatic heterocycles. The zero-order valence-electron chi connectivity index (χ0n) is 38.7. The van der Waals surface area contributed by atoms with Crippen LogP contribution in [0.25, 0.3) is 93.1 Å². The van der Waals surface area contributed by atoms with Gasteiger partial charge in [0.1, 0.15) is 0 Å². The molecular weight excluding hydrogens is 761 g/mol. The normalized spacial score (nSPS) is 10.9. The Morgan fingerprint density at radius 1 is 0.365 bits per heavy atom. The SMILES string of the molecule is CC.CC.CC.CC.CCn1c2cc3c(cc2c2c4ccccc4ccc21)c1ccccc1n3-c1ccc(-c2cccc3ccccc23)cc1.c1ccc2c(c1)Cc1ccccc1-2. The monoisotopic (exact) mass is 822 g/mol. The molecule has 2 heterocycles. The van der Waals surface area contributed by atoms with Gasteiger partial charge in [0, 0.05) is 39.3 Å². The molecule has 0 bridgehead atoms. The molecule has 9 aromatic carbocycles. The summed E-state index contributed by atoms with van der Waals surface area (Å²) in [5.41, 5.74) is 14.5. The Bertz CT molecular complexity index is 3220. The van der Waals surface area contributed by atoms with Crippen LogP contribution in [0.3, 0.4) is 0 Å². The molecule has 0 fully saturated rings. The Kier molecular flexibility index (Phi) is 14.2. The van der Waals surface area contributed by atoms with Gasteiger partial charge >= 0.3 is 0 Å². The van der Waals surface area contributed by atoms with Gasteiger partial charge in [-0.3, -0.25) is 0 Å². The van der Waals surface area contributed by atoms with Crippen molar-refractivity contribution in [3.63, 3.8) is 0 Å². The maximum atomic E-state index is 2.47. The van der Waals surface area contributed by atoms with Gasteiger partial charge in [0.25, 0.3) is 0 Å². The van der Waals surface area contributed by atoms with Crippen molar-refractivity contribution in [2.24, 2.45) is 0 Å². The van der Waals surface area contributed by atoms with Gasteiger partial charge in [-0.2, -0.15) is 0 Å². The van der Waals surface area contributed by atoms with E-state index in [1.807, 2.05) is 55.4 Å². The number of aromatic nitrogens is 2. The van der Waals surface area contributed by atoms with E-state index < -0.39 is 0 Å². The van der Waals surface area contributed by atoms with Crippen LogP contribution in [-0.2, 0) is 13.0 Å². The zero-order chi connectivity index (χ0) is 44.5. The summed E-state index contributed by atoms with van der Waals surface area (Å²) >= 11 is 0. The maximum absolute atomic E-state index is 2.47. The van der Waals surface area contributed by atoms with Gasteiger partial charge in [-0.15, -0.1) is 0 Å². The van der Waals surface area contributed by atoms with Crippen LogP contribution in [0.4, 0.5) is 0 Å². The lowest BCUT2D eigenvalue weighted by Gasteiger charge is -2.11. The third-order valence-electron chi connectivity index (χ3n) is 11.8. The van der Waals surface area contributed by atoms with Crippen molar-refractivity contribution in [1.82, 2.24) is 9.13 Å². The second-order valence-corrected chi connectivity index (χ2v) is 14.7. The van der Waals surface area contributed by atoms with E-state index in [9.17, 15) is 0 Å². The molecule has 2 aromatic heterocycles. The highest BCUT2D eigenvalue weighted by molar-refractivity contribution is 6.24. The second kappa shape index (κ2) is 20.3. The molecule has 11 aromatic rings. The average Bonchev–Trinajstić information content (AvgIpc) is 4.03. The Balaban J connectivity index is 0.000000237. The number of hydrogen-bond donors (Lipinski definition) is 0. The van der Waals surface area contributed by atoms with Crippen LogP contribution in [0.5, 0.6) is 0 Å². The molecule has 2 nitrogen and oxygen atoms in total. The fourth-order valence-electron chi connectivity index (χ4n) is 9.29. The number of fused-ring (bicyclic) bond motifs is 12. The van der Waals surface area contributed by atoms with Gasteiger partial charge in [-0.05, 0) is 105 Å². The largest absolute Gasteiger partial charge is 0.341 e. The number of hydrogen-bond acceptors (Lipinski definition) is 0. The standard InChI is InChI=1S/C40H28N2.C13H10.4C2H6/c1-2-41-37-23-20-27-11-4-6-14-32(27)40(37)35-24-34-33-15-7-8-17-36(33)42(39(34)25-38(35)41)29-21-18-28(19-22-29)31-16-9-12-26-10-3-5-13-30(26)31;1-3-7-12-10(5-1)9-11-6-2-4-8-13(11)12;4*1-2/h3-25H,2H2,1H3;1-8H,9H2;4*1-2H3. The first kappa shape index (κ1) is 44.2. The summed E-state index contributed by atoms with van der Waals surface area (Å²) < 4.78 is 4.91. The van der Waals surface area contributed by atoms with E-state index in [1.54, 1.807) is 0 Å². The summed E-state index contributed by atoms with van der Waals surface area (Å²) in [6.07, 6.45) is 1.10. The van der Waals surface area contributed by atoms with E-state index >= 15 is 0 Å². The molecule has 316 valence electrons. The van der Waals surface area contributed by atoms with Crippen molar-refractivity contribution in [2.75, 3.05) is 0 Å². The molecule has 2 heteroatoms. The fourth-order valence-corrected chi connectivity index (χ4v) is 9.29. The molecule has 12 rings (SSSR count). The Labute approximate surface area is 375 Å². The molecule has 0 atom stereocenters. The van der Waals surface area contributed by atoms with E-state index in [-0.39, 0.29) is 0 Å². The Hall–Kier alpha value is -6.90. The van der Waals surface area contributed by atoms with Crippen LogP contribution in [-0.4, -0.2) is 9.13 Å². The van der Waals surface area contributed by atoms with Crippen LogP contribution in [0, 0.1) is 0 Å². The Morgan fingerprint density at radius 2 is 0.889 bits per heavy atom. The number of rotatable bonds is 3. The summed E-state index contributed by atoms with van der Waals surface area (Å²) in [5.74, 6) is 0. The van der Waals surface area contributed by atoms with Gasteiger partial charge in [0.2, 0.25) is 0 Å². The summed E-state index contributed by atoms with van der Waals surface area (Å²) in [4.78, 5) is 0. The summed E-state index contributed by atoms with van der Waals surface area (Å²) in [7, 11) is 0. The minimum absolute atomic E-state index is 0.920. The van der Waals surface area contributed by atoms with Crippen molar-refractivity contribution in [3.05, 3.63) is 199 Å². The van der Waals surface area contributed by atoms with E-state index in [0.29, 0.717) is 0 Å². The molecule has 1 aliphatic rings. The molecule has 0 saturated carbocycles. The third kappa shape index (κ3) is 8.03. The highest BCUT2D eigenvalue weighted by Crippen LogP contribution is 2.41. The van der Waals surface area contributed by atoms with E-state index in [2.05, 4.69) is 204 Å². The number of aryl methyl sites for hydroxylation is 1. The van der Waals surface area contributed by atoms with Gasteiger partial charge in [0.05, 0.1) is 16.6 Å². The maximum Gasteiger partial charge on any atom is 0.0562 e. The van der Waals surface area contributed by atoms with Gasteiger partial charge < -0.3 is 9.13 Å². The average molecular weight is 823 g/mol. The zero-order valence-corrected chi connectivity index (χ0v) is 38.7. The van der Waals surface area contributed by atoms with E-state index in [0.717, 1.165) is 13.0 Å². The summed E-state index contributed by atoms with van der Waals surface area (Å²) in [6.45, 7) is 19.2. The quantitative estimate of drug-likeness (QED) is 0.168. The molecular formula is C61H62N2. The fraction of sp³-hybridized carbons (Fsp3) is 0.180. The van der Waals surface area contributed by atoms with Crippen molar-refractivity contribution >= 4 is 65.2 Å². The lowest BCUT2D eigenvalue weighted by Crippen LogP contribution is -1.96. The lowest BCUT2D eigenvalue weighted by molar-refractivity contribution is 0.827. The van der Waals surface area contributed by atoms with Crippen molar-refractivity contribution in [2.45, 2.75) is 75.3 Å². The summed E-state index contributed by atoms with van der Waals surface area (Å²) in [5, 5.41) is 10.4. The highest BCUT2D eigenvalue weighted by atomic mass is 15.0. The van der Waals surface area contributed by atoms with Gasteiger partial charge in [-0.25, -0.2) is 0 Å². The molecule has 0 spiro atoms. The molecule has 63 heavy (non-hydrogen) atoms. The van der Waals surface area contributed by atoms with Crippen LogP contribution >= 0.6 is 0 Å². The molecule has 0 amide bonds. The number of nitrogens with zero attached hydrogens (tertiary/aromatic N) is 2. The lowest BCUT2D eigenvalue weighted by atomic mass is 9.98. The topological polar surface area (TPSA) is 9.86 Å². The molecule has 0 saturated heterocycles. The molecule has 0 N–H and O–H groups in total. The number of benzene rings is 9. The van der Waals surface area contributed by atoms with Crippen LogP contribution in [0.2, 0.25) is 0 Å². The second-order valence-electron chi connectivity index (χ2n) is 14.7. The van der Waals surface area contributed by atoms with Crippen molar-refractivity contribution < 1.29 is 0 Å². The first-order valence-electron chi connectivity index (χ1n) is 23.4. The van der Waals surface area contributed by atoms with Crippen molar-refractivity contribution in [3.8, 4) is 27.9 Å². The predicted molar refractivity (Wildman–Crippen MR) is 280 cm³/mol. The van der Waals surface area contributed by atoms with E-state index in [4.69, 9.17) is 0 Å².